The summed E-state index contributed by atoms with van der Waals surface area (Å²) in [6, 6.07) is 2.89. The number of rotatable bonds is 8. The van der Waals surface area contributed by atoms with Gasteiger partial charge in [0.15, 0.2) is 0 Å². The minimum Gasteiger partial charge on any atom is -0.355 e. The Hall–Kier alpha value is -1.18. The topological polar surface area (TPSA) is 79.4 Å². The molecular formula is C13H20ClN3O3S. The highest BCUT2D eigenvalue weighted by molar-refractivity contribution is 7.89. The molecule has 1 rings (SSSR count). The van der Waals surface area contributed by atoms with Gasteiger partial charge in [0.2, 0.25) is 15.9 Å². The molecule has 0 aliphatic rings. The van der Waals surface area contributed by atoms with Crippen LogP contribution in [0, 0.1) is 0 Å². The van der Waals surface area contributed by atoms with Crippen molar-refractivity contribution in [2.24, 2.45) is 0 Å². The number of nitrogens with one attached hydrogen (secondary N) is 1. The van der Waals surface area contributed by atoms with Gasteiger partial charge in [-0.2, -0.15) is 4.31 Å². The van der Waals surface area contributed by atoms with Crippen molar-refractivity contribution in [3.05, 3.63) is 23.5 Å². The van der Waals surface area contributed by atoms with E-state index in [-0.39, 0.29) is 29.0 Å². The Labute approximate surface area is 130 Å². The van der Waals surface area contributed by atoms with Gasteiger partial charge in [-0.3, -0.25) is 4.79 Å². The maximum Gasteiger partial charge on any atom is 0.246 e. The summed E-state index contributed by atoms with van der Waals surface area (Å²) < 4.78 is 26.3. The Kier molecular flexibility index (Phi) is 7.07. The van der Waals surface area contributed by atoms with Crippen molar-refractivity contribution in [1.82, 2.24) is 14.6 Å². The van der Waals surface area contributed by atoms with E-state index in [0.29, 0.717) is 13.0 Å². The maximum atomic E-state index is 12.6. The summed E-state index contributed by atoms with van der Waals surface area (Å²) >= 11 is 5.86. The molecule has 0 aromatic carbocycles. The van der Waals surface area contributed by atoms with Crippen LogP contribution in [0.25, 0.3) is 0 Å². The summed E-state index contributed by atoms with van der Waals surface area (Å²) in [5.41, 5.74) is 0. The lowest BCUT2D eigenvalue weighted by molar-refractivity contribution is -0.121. The van der Waals surface area contributed by atoms with Gasteiger partial charge in [-0.15, -0.1) is 0 Å². The van der Waals surface area contributed by atoms with E-state index in [9.17, 15) is 13.2 Å². The molecule has 0 aliphatic heterocycles. The van der Waals surface area contributed by atoms with Crippen molar-refractivity contribution < 1.29 is 13.2 Å². The zero-order valence-electron chi connectivity index (χ0n) is 12.2. The average Bonchev–Trinajstić information content (AvgIpc) is 2.45. The van der Waals surface area contributed by atoms with E-state index in [0.717, 1.165) is 10.7 Å². The lowest BCUT2D eigenvalue weighted by Crippen LogP contribution is -2.41. The number of sulfonamides is 1. The van der Waals surface area contributed by atoms with Crippen LogP contribution in [-0.4, -0.2) is 43.2 Å². The molecule has 0 aliphatic carbocycles. The molecule has 0 unspecified atom stereocenters. The molecule has 0 bridgehead atoms. The fourth-order valence-electron chi connectivity index (χ4n) is 1.72. The van der Waals surface area contributed by atoms with Gasteiger partial charge in [-0.05, 0) is 25.0 Å². The second-order valence-electron chi connectivity index (χ2n) is 4.48. The van der Waals surface area contributed by atoms with Crippen LogP contribution < -0.4 is 5.32 Å². The Morgan fingerprint density at radius 3 is 2.67 bits per heavy atom. The van der Waals surface area contributed by atoms with E-state index in [1.807, 2.05) is 13.8 Å². The number of pyridine rings is 1. The van der Waals surface area contributed by atoms with Gasteiger partial charge >= 0.3 is 0 Å². The molecule has 1 aromatic rings. The van der Waals surface area contributed by atoms with E-state index in [1.165, 1.54) is 18.3 Å². The van der Waals surface area contributed by atoms with Gasteiger partial charge in [0.1, 0.15) is 10.0 Å². The molecule has 0 radical (unpaired) electrons. The molecule has 1 aromatic heterocycles. The van der Waals surface area contributed by atoms with Crippen molar-refractivity contribution in [1.29, 1.82) is 0 Å². The van der Waals surface area contributed by atoms with Crippen molar-refractivity contribution >= 4 is 27.5 Å². The molecule has 1 N–H and O–H groups in total. The first-order valence-corrected chi connectivity index (χ1v) is 8.62. The van der Waals surface area contributed by atoms with Gasteiger partial charge in [-0.25, -0.2) is 13.4 Å². The molecule has 0 saturated heterocycles. The monoisotopic (exact) mass is 333 g/mol. The third kappa shape index (κ3) is 4.94. The Balaban J connectivity index is 2.98. The van der Waals surface area contributed by atoms with Crippen LogP contribution in [0.5, 0.6) is 0 Å². The highest BCUT2D eigenvalue weighted by Gasteiger charge is 2.28. The van der Waals surface area contributed by atoms with Crippen LogP contribution in [0.1, 0.15) is 26.7 Å². The van der Waals surface area contributed by atoms with E-state index in [1.54, 1.807) is 0 Å². The van der Waals surface area contributed by atoms with E-state index < -0.39 is 10.0 Å². The Morgan fingerprint density at radius 1 is 1.38 bits per heavy atom. The molecule has 0 saturated carbocycles. The number of aromatic nitrogens is 1. The molecule has 21 heavy (non-hydrogen) atoms. The Morgan fingerprint density at radius 2 is 2.10 bits per heavy atom. The Bertz CT molecular complexity index is 578. The van der Waals surface area contributed by atoms with Crippen LogP contribution in [0.3, 0.4) is 0 Å². The predicted octanol–water partition coefficient (Wildman–Crippen LogP) is 1.66. The van der Waals surface area contributed by atoms with Crippen LogP contribution >= 0.6 is 11.6 Å². The molecule has 8 heteroatoms. The lowest BCUT2D eigenvalue weighted by atomic mass is 10.4. The largest absolute Gasteiger partial charge is 0.355 e. The van der Waals surface area contributed by atoms with Crippen LogP contribution in [0.2, 0.25) is 5.15 Å². The number of halogens is 1. The summed E-state index contributed by atoms with van der Waals surface area (Å²) in [6.07, 6.45) is 2.80. The number of amides is 1. The van der Waals surface area contributed by atoms with Gasteiger partial charge in [0, 0.05) is 19.3 Å². The summed E-state index contributed by atoms with van der Waals surface area (Å²) in [5, 5.41) is 2.58. The van der Waals surface area contributed by atoms with Crippen LogP contribution in [0.4, 0.5) is 0 Å². The summed E-state index contributed by atoms with van der Waals surface area (Å²) in [7, 11) is -3.84. The summed E-state index contributed by atoms with van der Waals surface area (Å²) in [5.74, 6) is -0.325. The van der Waals surface area contributed by atoms with Crippen LogP contribution in [-0.2, 0) is 14.8 Å². The van der Waals surface area contributed by atoms with Crippen molar-refractivity contribution in [3.63, 3.8) is 0 Å². The SMILES string of the molecule is CCCNC(=O)CN(CCC)S(=O)(=O)c1cccnc1Cl. The van der Waals surface area contributed by atoms with Crippen molar-refractivity contribution in [3.8, 4) is 0 Å². The molecule has 1 amide bonds. The van der Waals surface area contributed by atoms with Gasteiger partial charge < -0.3 is 5.32 Å². The van der Waals surface area contributed by atoms with Crippen molar-refractivity contribution in [2.45, 2.75) is 31.6 Å². The number of hydrogen-bond acceptors (Lipinski definition) is 4. The van der Waals surface area contributed by atoms with Crippen molar-refractivity contribution in [2.75, 3.05) is 19.6 Å². The lowest BCUT2D eigenvalue weighted by Gasteiger charge is -2.21. The molecule has 1 heterocycles. The van der Waals surface area contributed by atoms with E-state index >= 15 is 0 Å². The smallest absolute Gasteiger partial charge is 0.246 e. The first-order chi connectivity index (χ1) is 9.93. The number of carbonyl (C=O) groups excluding carboxylic acids is 1. The number of nitrogens with zero attached hydrogens (tertiary/aromatic N) is 2. The normalized spacial score (nSPS) is 11.6. The zero-order valence-corrected chi connectivity index (χ0v) is 13.7. The quantitative estimate of drug-likeness (QED) is 0.734. The molecule has 6 nitrogen and oxygen atoms in total. The number of carbonyl (C=O) groups is 1. The summed E-state index contributed by atoms with van der Waals surface area (Å²) in [4.78, 5) is 15.5. The minimum atomic E-state index is -3.84. The highest BCUT2D eigenvalue weighted by atomic mass is 35.5. The average molecular weight is 334 g/mol. The van der Waals surface area contributed by atoms with E-state index in [4.69, 9.17) is 11.6 Å². The number of hydrogen-bond donors (Lipinski definition) is 1. The molecule has 118 valence electrons. The van der Waals surface area contributed by atoms with E-state index in [2.05, 4.69) is 10.3 Å². The molecular weight excluding hydrogens is 314 g/mol. The third-order valence-electron chi connectivity index (χ3n) is 2.71. The fourth-order valence-corrected chi connectivity index (χ4v) is 3.63. The summed E-state index contributed by atoms with van der Waals surface area (Å²) in [6.45, 7) is 4.31. The van der Waals surface area contributed by atoms with Crippen LogP contribution in [0.15, 0.2) is 23.2 Å². The first-order valence-electron chi connectivity index (χ1n) is 6.80. The highest BCUT2D eigenvalue weighted by Crippen LogP contribution is 2.22. The third-order valence-corrected chi connectivity index (χ3v) is 5.00. The molecule has 0 fully saturated rings. The second kappa shape index (κ2) is 8.31. The minimum absolute atomic E-state index is 0.0802. The predicted molar refractivity (Wildman–Crippen MR) is 81.6 cm³/mol. The second-order valence-corrected chi connectivity index (χ2v) is 6.75. The first kappa shape index (κ1) is 17.9. The van der Waals surface area contributed by atoms with Gasteiger partial charge in [-0.1, -0.05) is 25.4 Å². The van der Waals surface area contributed by atoms with Gasteiger partial charge in [0.05, 0.1) is 6.54 Å². The van der Waals surface area contributed by atoms with Gasteiger partial charge in [0.25, 0.3) is 0 Å². The molecule has 0 spiro atoms. The molecule has 0 atom stereocenters. The maximum absolute atomic E-state index is 12.6. The zero-order chi connectivity index (χ0) is 15.9. The fraction of sp³-hybridized carbons (Fsp3) is 0.538. The standard InChI is InChI=1S/C13H20ClN3O3S/c1-3-7-15-12(18)10-17(9-4-2)21(19,20)11-6-5-8-16-13(11)14/h5-6,8H,3-4,7,9-10H2,1-2H3,(H,15,18).